The highest BCUT2D eigenvalue weighted by Crippen LogP contribution is 2.33. The Morgan fingerprint density at radius 3 is 2.55 bits per heavy atom. The Balaban J connectivity index is 2.17. The summed E-state index contributed by atoms with van der Waals surface area (Å²) in [5.41, 5.74) is 10.1. The zero-order valence-corrected chi connectivity index (χ0v) is 13.1. The first-order chi connectivity index (χ1) is 9.32. The summed E-state index contributed by atoms with van der Waals surface area (Å²) in [6.45, 7) is 9.99. The van der Waals surface area contributed by atoms with Gasteiger partial charge in [-0.2, -0.15) is 0 Å². The van der Waals surface area contributed by atoms with Gasteiger partial charge in [0.1, 0.15) is 0 Å². The number of carbonyl (C=O) groups excluding carboxylic acids is 1. The molecule has 1 aliphatic rings. The Hall–Kier alpha value is -1.35. The topological polar surface area (TPSA) is 46.3 Å². The lowest BCUT2D eigenvalue weighted by molar-refractivity contribution is -0.131. The predicted molar refractivity (Wildman–Crippen MR) is 82.0 cm³/mol. The zero-order chi connectivity index (χ0) is 14.9. The summed E-state index contributed by atoms with van der Waals surface area (Å²) in [5, 5.41) is 0. The molecule has 1 heterocycles. The van der Waals surface area contributed by atoms with Crippen molar-refractivity contribution in [1.82, 2.24) is 4.90 Å². The van der Waals surface area contributed by atoms with Crippen molar-refractivity contribution in [2.24, 2.45) is 11.1 Å². The van der Waals surface area contributed by atoms with Crippen LogP contribution in [0.15, 0.2) is 18.2 Å². The summed E-state index contributed by atoms with van der Waals surface area (Å²) >= 11 is 0. The molecule has 1 unspecified atom stereocenters. The molecule has 0 bridgehead atoms. The molecule has 2 N–H and O–H groups in total. The van der Waals surface area contributed by atoms with Crippen LogP contribution in [0.5, 0.6) is 0 Å². The quantitative estimate of drug-likeness (QED) is 0.918. The number of nitrogens with zero attached hydrogens (tertiary/aromatic N) is 1. The third-order valence-corrected chi connectivity index (χ3v) is 4.06. The number of hydrogen-bond donors (Lipinski definition) is 1. The first-order valence-corrected chi connectivity index (χ1v) is 7.48. The van der Waals surface area contributed by atoms with Crippen LogP contribution in [0.2, 0.25) is 0 Å². The number of benzene rings is 1. The molecule has 0 radical (unpaired) electrons. The van der Waals surface area contributed by atoms with Gasteiger partial charge in [0.15, 0.2) is 0 Å². The Kier molecular flexibility index (Phi) is 4.19. The summed E-state index contributed by atoms with van der Waals surface area (Å²) in [6.07, 6.45) is 1.55. The van der Waals surface area contributed by atoms with Crippen molar-refractivity contribution in [2.45, 2.75) is 59.7 Å². The fourth-order valence-electron chi connectivity index (χ4n) is 2.66. The highest BCUT2D eigenvalue weighted by Gasteiger charge is 2.26. The summed E-state index contributed by atoms with van der Waals surface area (Å²) in [7, 11) is 0. The number of rotatable bonds is 3. The molecule has 3 heteroatoms. The van der Waals surface area contributed by atoms with Crippen molar-refractivity contribution in [2.75, 3.05) is 0 Å². The SMILES string of the molecule is CCCC(=O)N1Cc2ccc(C(N)C(C)(C)C)cc2C1. The fraction of sp³-hybridized carbons (Fsp3) is 0.588. The number of nitrogens with two attached hydrogens (primary N) is 1. The van der Waals surface area contributed by atoms with Gasteiger partial charge < -0.3 is 10.6 Å². The molecule has 1 aromatic carbocycles. The molecule has 0 aromatic heterocycles. The van der Waals surface area contributed by atoms with Gasteiger partial charge in [0.2, 0.25) is 5.91 Å². The Bertz CT molecular complexity index is 502. The van der Waals surface area contributed by atoms with E-state index in [0.717, 1.165) is 19.5 Å². The Labute approximate surface area is 122 Å². The molecular formula is C17H26N2O. The number of amides is 1. The van der Waals surface area contributed by atoms with E-state index < -0.39 is 0 Å². The first kappa shape index (κ1) is 15.0. The average molecular weight is 274 g/mol. The van der Waals surface area contributed by atoms with E-state index in [0.29, 0.717) is 6.42 Å². The summed E-state index contributed by atoms with van der Waals surface area (Å²) in [6, 6.07) is 6.45. The lowest BCUT2D eigenvalue weighted by Crippen LogP contribution is -2.26. The minimum atomic E-state index is 0.0215. The predicted octanol–water partition coefficient (Wildman–Crippen LogP) is 3.37. The van der Waals surface area contributed by atoms with E-state index in [1.54, 1.807) is 0 Å². The van der Waals surface area contributed by atoms with Crippen LogP contribution in [0.25, 0.3) is 0 Å². The maximum Gasteiger partial charge on any atom is 0.223 e. The molecule has 20 heavy (non-hydrogen) atoms. The average Bonchev–Trinajstić information content (AvgIpc) is 2.79. The lowest BCUT2D eigenvalue weighted by Gasteiger charge is -2.27. The van der Waals surface area contributed by atoms with Crippen molar-refractivity contribution >= 4 is 5.91 Å². The van der Waals surface area contributed by atoms with Crippen molar-refractivity contribution < 1.29 is 4.79 Å². The van der Waals surface area contributed by atoms with Gasteiger partial charge in [0, 0.05) is 25.6 Å². The monoisotopic (exact) mass is 274 g/mol. The van der Waals surface area contributed by atoms with Gasteiger partial charge in [0.25, 0.3) is 0 Å². The van der Waals surface area contributed by atoms with Crippen LogP contribution in [-0.4, -0.2) is 10.8 Å². The molecule has 1 amide bonds. The van der Waals surface area contributed by atoms with E-state index in [1.807, 2.05) is 11.8 Å². The van der Waals surface area contributed by atoms with Crippen molar-refractivity contribution in [1.29, 1.82) is 0 Å². The minimum absolute atomic E-state index is 0.0215. The third-order valence-electron chi connectivity index (χ3n) is 4.06. The molecule has 3 nitrogen and oxygen atoms in total. The second-order valence-electron chi connectivity index (χ2n) is 6.87. The smallest absolute Gasteiger partial charge is 0.223 e. The van der Waals surface area contributed by atoms with Crippen LogP contribution in [0.3, 0.4) is 0 Å². The maximum absolute atomic E-state index is 12.0. The van der Waals surface area contributed by atoms with E-state index in [-0.39, 0.29) is 17.4 Å². The molecule has 0 saturated heterocycles. The van der Waals surface area contributed by atoms with Gasteiger partial charge in [-0.3, -0.25) is 4.79 Å². The highest BCUT2D eigenvalue weighted by atomic mass is 16.2. The van der Waals surface area contributed by atoms with Crippen LogP contribution in [0.4, 0.5) is 0 Å². The molecule has 0 fully saturated rings. The third kappa shape index (κ3) is 3.04. The largest absolute Gasteiger partial charge is 0.334 e. The normalized spacial score (nSPS) is 16.1. The molecule has 110 valence electrons. The van der Waals surface area contributed by atoms with E-state index in [4.69, 9.17) is 5.73 Å². The van der Waals surface area contributed by atoms with E-state index in [2.05, 4.69) is 39.0 Å². The molecule has 0 aliphatic carbocycles. The van der Waals surface area contributed by atoms with Gasteiger partial charge in [-0.1, -0.05) is 45.9 Å². The van der Waals surface area contributed by atoms with E-state index in [1.165, 1.54) is 16.7 Å². The van der Waals surface area contributed by atoms with Crippen LogP contribution < -0.4 is 5.73 Å². The molecule has 1 atom stereocenters. The highest BCUT2D eigenvalue weighted by molar-refractivity contribution is 5.76. The molecule has 0 saturated carbocycles. The van der Waals surface area contributed by atoms with Gasteiger partial charge in [-0.05, 0) is 28.5 Å². The Morgan fingerprint density at radius 1 is 1.30 bits per heavy atom. The molecular weight excluding hydrogens is 248 g/mol. The first-order valence-electron chi connectivity index (χ1n) is 7.48. The van der Waals surface area contributed by atoms with Crippen molar-refractivity contribution in [3.05, 3.63) is 34.9 Å². The maximum atomic E-state index is 12.0. The van der Waals surface area contributed by atoms with Gasteiger partial charge in [-0.15, -0.1) is 0 Å². The molecule has 1 aliphatic heterocycles. The summed E-state index contributed by atoms with van der Waals surface area (Å²) in [5.74, 6) is 0.255. The van der Waals surface area contributed by atoms with Crippen molar-refractivity contribution in [3.63, 3.8) is 0 Å². The standard InChI is InChI=1S/C17H26N2O/c1-5-6-15(20)19-10-13-8-7-12(9-14(13)11-19)16(18)17(2,3)4/h7-9,16H,5-6,10-11,18H2,1-4H3. The number of hydrogen-bond acceptors (Lipinski definition) is 2. The van der Waals surface area contributed by atoms with Crippen LogP contribution in [0, 0.1) is 5.41 Å². The fourth-order valence-corrected chi connectivity index (χ4v) is 2.66. The van der Waals surface area contributed by atoms with E-state index in [9.17, 15) is 4.79 Å². The zero-order valence-electron chi connectivity index (χ0n) is 13.1. The van der Waals surface area contributed by atoms with Crippen LogP contribution >= 0.6 is 0 Å². The molecule has 0 spiro atoms. The second kappa shape index (κ2) is 5.57. The van der Waals surface area contributed by atoms with E-state index >= 15 is 0 Å². The van der Waals surface area contributed by atoms with Crippen LogP contribution in [0.1, 0.15) is 63.3 Å². The van der Waals surface area contributed by atoms with Gasteiger partial charge in [0.05, 0.1) is 0 Å². The molecule has 2 rings (SSSR count). The molecule has 1 aromatic rings. The van der Waals surface area contributed by atoms with Crippen molar-refractivity contribution in [3.8, 4) is 0 Å². The minimum Gasteiger partial charge on any atom is -0.334 e. The van der Waals surface area contributed by atoms with Crippen LogP contribution in [-0.2, 0) is 17.9 Å². The summed E-state index contributed by atoms with van der Waals surface area (Å²) in [4.78, 5) is 13.9. The lowest BCUT2D eigenvalue weighted by atomic mass is 9.82. The number of carbonyl (C=O) groups is 1. The number of fused-ring (bicyclic) bond motifs is 1. The van der Waals surface area contributed by atoms with Gasteiger partial charge in [-0.25, -0.2) is 0 Å². The summed E-state index contributed by atoms with van der Waals surface area (Å²) < 4.78 is 0. The van der Waals surface area contributed by atoms with Gasteiger partial charge >= 0.3 is 0 Å². The Morgan fingerprint density at radius 2 is 1.95 bits per heavy atom. The second-order valence-corrected chi connectivity index (χ2v) is 6.87.